The highest BCUT2D eigenvalue weighted by atomic mass is 16.5. The average molecular weight is 256 g/mol. The molecule has 96 valence electrons. The molecule has 1 aliphatic heterocycles. The van der Waals surface area contributed by atoms with Gasteiger partial charge in [0.05, 0.1) is 5.56 Å². The van der Waals surface area contributed by atoms with Crippen LogP contribution < -0.4 is 4.74 Å². The zero-order valence-corrected chi connectivity index (χ0v) is 9.95. The maximum Gasteiger partial charge on any atom is 0.140 e. The van der Waals surface area contributed by atoms with Gasteiger partial charge < -0.3 is 20.1 Å². The van der Waals surface area contributed by atoms with E-state index >= 15 is 0 Å². The summed E-state index contributed by atoms with van der Waals surface area (Å²) in [5, 5.41) is 29.3. The minimum Gasteiger partial charge on any atom is -0.508 e. The smallest absolute Gasteiger partial charge is 0.140 e. The SMILES string of the molecule is Oc1cc(O)c2c(c1)OC(c1ccccc1)=CC2O. The Morgan fingerprint density at radius 1 is 1.00 bits per heavy atom. The van der Waals surface area contributed by atoms with Gasteiger partial charge in [0, 0.05) is 17.7 Å². The van der Waals surface area contributed by atoms with E-state index in [0.717, 1.165) is 5.56 Å². The van der Waals surface area contributed by atoms with E-state index in [1.165, 1.54) is 18.2 Å². The van der Waals surface area contributed by atoms with Crippen molar-refractivity contribution in [2.24, 2.45) is 0 Å². The molecule has 0 spiro atoms. The van der Waals surface area contributed by atoms with Crippen LogP contribution >= 0.6 is 0 Å². The molecule has 2 aromatic carbocycles. The highest BCUT2D eigenvalue weighted by Crippen LogP contribution is 2.43. The summed E-state index contributed by atoms with van der Waals surface area (Å²) in [5.41, 5.74) is 1.08. The lowest BCUT2D eigenvalue weighted by Crippen LogP contribution is -2.08. The number of phenols is 2. The van der Waals surface area contributed by atoms with Crippen LogP contribution in [0.4, 0.5) is 0 Å². The lowest BCUT2D eigenvalue weighted by atomic mass is 10.0. The van der Waals surface area contributed by atoms with E-state index in [9.17, 15) is 15.3 Å². The Balaban J connectivity index is 2.07. The van der Waals surface area contributed by atoms with Gasteiger partial charge in [0.25, 0.3) is 0 Å². The fourth-order valence-corrected chi connectivity index (χ4v) is 2.12. The molecule has 2 aromatic rings. The van der Waals surface area contributed by atoms with Crippen LogP contribution in [0.15, 0.2) is 48.5 Å². The molecule has 0 aromatic heterocycles. The molecule has 0 saturated heterocycles. The number of phenolic OH excluding ortho intramolecular Hbond substituents is 2. The molecule has 4 heteroatoms. The van der Waals surface area contributed by atoms with Gasteiger partial charge in [0.15, 0.2) is 0 Å². The first-order valence-corrected chi connectivity index (χ1v) is 5.84. The quantitative estimate of drug-likeness (QED) is 0.733. The van der Waals surface area contributed by atoms with Crippen molar-refractivity contribution in [1.29, 1.82) is 0 Å². The minimum absolute atomic E-state index is 0.113. The number of benzene rings is 2. The average Bonchev–Trinajstić information content (AvgIpc) is 2.38. The van der Waals surface area contributed by atoms with Crippen molar-refractivity contribution in [3.8, 4) is 17.2 Å². The van der Waals surface area contributed by atoms with Crippen LogP contribution in [0.3, 0.4) is 0 Å². The van der Waals surface area contributed by atoms with E-state index in [0.29, 0.717) is 5.76 Å². The normalized spacial score (nSPS) is 17.3. The molecule has 1 aliphatic rings. The third kappa shape index (κ3) is 2.02. The minimum atomic E-state index is -0.973. The van der Waals surface area contributed by atoms with Gasteiger partial charge in [0.1, 0.15) is 29.1 Å². The number of fused-ring (bicyclic) bond motifs is 1. The fraction of sp³-hybridized carbons (Fsp3) is 0.0667. The second-order valence-corrected chi connectivity index (χ2v) is 4.32. The number of aliphatic hydroxyl groups is 1. The topological polar surface area (TPSA) is 69.9 Å². The summed E-state index contributed by atoms with van der Waals surface area (Å²) in [5.74, 6) is 0.445. The van der Waals surface area contributed by atoms with Crippen LogP contribution in [-0.4, -0.2) is 15.3 Å². The molecular formula is C15H12O4. The standard InChI is InChI=1S/C15H12O4/c16-10-6-11(17)15-12(18)8-13(19-14(15)7-10)9-4-2-1-3-5-9/h1-8,12,16-18H. The second-order valence-electron chi connectivity index (χ2n) is 4.32. The summed E-state index contributed by atoms with van der Waals surface area (Å²) in [6, 6.07) is 11.9. The summed E-state index contributed by atoms with van der Waals surface area (Å²) >= 11 is 0. The molecule has 1 heterocycles. The van der Waals surface area contributed by atoms with Crippen molar-refractivity contribution in [2.75, 3.05) is 0 Å². The number of ether oxygens (including phenoxy) is 1. The first-order valence-electron chi connectivity index (χ1n) is 5.84. The molecular weight excluding hydrogens is 244 g/mol. The Morgan fingerprint density at radius 3 is 2.47 bits per heavy atom. The van der Waals surface area contributed by atoms with Crippen molar-refractivity contribution in [3.05, 3.63) is 59.7 Å². The zero-order valence-electron chi connectivity index (χ0n) is 9.95. The first kappa shape index (κ1) is 11.6. The van der Waals surface area contributed by atoms with E-state index in [4.69, 9.17) is 4.74 Å². The van der Waals surface area contributed by atoms with Crippen molar-refractivity contribution in [3.63, 3.8) is 0 Å². The molecule has 0 bridgehead atoms. The zero-order chi connectivity index (χ0) is 13.4. The molecule has 0 saturated carbocycles. The van der Waals surface area contributed by atoms with Gasteiger partial charge in [-0.3, -0.25) is 0 Å². The maximum atomic E-state index is 10.1. The third-order valence-corrected chi connectivity index (χ3v) is 2.99. The Morgan fingerprint density at radius 2 is 1.74 bits per heavy atom. The van der Waals surface area contributed by atoms with Gasteiger partial charge in [0.2, 0.25) is 0 Å². The van der Waals surface area contributed by atoms with Crippen LogP contribution in [0.1, 0.15) is 17.2 Å². The number of hydrogen-bond donors (Lipinski definition) is 3. The van der Waals surface area contributed by atoms with Crippen LogP contribution in [0, 0.1) is 0 Å². The van der Waals surface area contributed by atoms with Gasteiger partial charge in [-0.1, -0.05) is 30.3 Å². The predicted molar refractivity (Wildman–Crippen MR) is 69.8 cm³/mol. The first-order chi connectivity index (χ1) is 9.15. The van der Waals surface area contributed by atoms with Crippen LogP contribution in [0.5, 0.6) is 17.2 Å². The van der Waals surface area contributed by atoms with Crippen molar-refractivity contribution < 1.29 is 20.1 Å². The molecule has 0 aliphatic carbocycles. The monoisotopic (exact) mass is 256 g/mol. The summed E-state index contributed by atoms with van der Waals surface area (Å²) in [6.07, 6.45) is 0.550. The van der Waals surface area contributed by atoms with E-state index in [-0.39, 0.29) is 22.8 Å². The number of aliphatic hydroxyl groups excluding tert-OH is 1. The number of rotatable bonds is 1. The van der Waals surface area contributed by atoms with Gasteiger partial charge in [-0.2, -0.15) is 0 Å². The Bertz CT molecular complexity index is 647. The van der Waals surface area contributed by atoms with Crippen LogP contribution in [0.25, 0.3) is 5.76 Å². The van der Waals surface area contributed by atoms with Crippen LogP contribution in [0.2, 0.25) is 0 Å². The maximum absolute atomic E-state index is 10.1. The van der Waals surface area contributed by atoms with Gasteiger partial charge in [-0.25, -0.2) is 0 Å². The van der Waals surface area contributed by atoms with Crippen molar-refractivity contribution in [2.45, 2.75) is 6.10 Å². The summed E-state index contributed by atoms with van der Waals surface area (Å²) in [7, 11) is 0. The van der Waals surface area contributed by atoms with Crippen molar-refractivity contribution in [1.82, 2.24) is 0 Å². The summed E-state index contributed by atoms with van der Waals surface area (Å²) < 4.78 is 5.63. The molecule has 3 rings (SSSR count). The van der Waals surface area contributed by atoms with Crippen LogP contribution in [-0.2, 0) is 0 Å². The lowest BCUT2D eigenvalue weighted by molar-refractivity contribution is 0.211. The summed E-state index contributed by atoms with van der Waals surface area (Å²) in [4.78, 5) is 0. The molecule has 0 radical (unpaired) electrons. The molecule has 3 N–H and O–H groups in total. The summed E-state index contributed by atoms with van der Waals surface area (Å²) in [6.45, 7) is 0. The Hall–Kier alpha value is -2.46. The third-order valence-electron chi connectivity index (χ3n) is 2.99. The molecule has 1 atom stereocenters. The van der Waals surface area contributed by atoms with E-state index in [1.807, 2.05) is 30.3 Å². The molecule has 1 unspecified atom stereocenters. The second kappa shape index (κ2) is 4.33. The van der Waals surface area contributed by atoms with Gasteiger partial charge >= 0.3 is 0 Å². The number of aromatic hydroxyl groups is 2. The number of hydrogen-bond acceptors (Lipinski definition) is 4. The Kier molecular flexibility index (Phi) is 2.65. The van der Waals surface area contributed by atoms with Crippen molar-refractivity contribution >= 4 is 5.76 Å². The molecule has 0 amide bonds. The molecule has 0 fully saturated rings. The van der Waals surface area contributed by atoms with E-state index in [2.05, 4.69) is 0 Å². The van der Waals surface area contributed by atoms with E-state index in [1.54, 1.807) is 0 Å². The van der Waals surface area contributed by atoms with Gasteiger partial charge in [-0.05, 0) is 6.08 Å². The fourth-order valence-electron chi connectivity index (χ4n) is 2.12. The highest BCUT2D eigenvalue weighted by Gasteiger charge is 2.25. The van der Waals surface area contributed by atoms with Gasteiger partial charge in [-0.15, -0.1) is 0 Å². The predicted octanol–water partition coefficient (Wildman–Crippen LogP) is 2.56. The highest BCUT2D eigenvalue weighted by molar-refractivity contribution is 5.68. The molecule has 19 heavy (non-hydrogen) atoms. The molecule has 4 nitrogen and oxygen atoms in total. The Labute approximate surface area is 109 Å². The lowest BCUT2D eigenvalue weighted by Gasteiger charge is -2.23. The van der Waals surface area contributed by atoms with E-state index < -0.39 is 6.10 Å². The largest absolute Gasteiger partial charge is 0.508 e.